The number of nitrogens with zero attached hydrogens (tertiary/aromatic N) is 3. The fraction of sp³-hybridized carbons (Fsp3) is 0.200. The zero-order chi connectivity index (χ0) is 15.7. The number of benzene rings is 1. The number of fused-ring (bicyclic) bond motifs is 1. The Morgan fingerprint density at radius 2 is 2.00 bits per heavy atom. The fourth-order valence-corrected chi connectivity index (χ4v) is 3.43. The number of aromatic nitrogens is 2. The van der Waals surface area contributed by atoms with Crippen LogP contribution in [0.5, 0.6) is 0 Å². The molecule has 0 fully saturated rings. The molecule has 0 radical (unpaired) electrons. The highest BCUT2D eigenvalue weighted by Gasteiger charge is 2.17. The van der Waals surface area contributed by atoms with E-state index in [1.807, 2.05) is 17.3 Å². The number of aliphatic hydroxyl groups excluding tert-OH is 1. The molecule has 2 aromatic heterocycles. The lowest BCUT2D eigenvalue weighted by molar-refractivity contribution is 0.304. The molecule has 0 aliphatic heterocycles. The summed E-state index contributed by atoms with van der Waals surface area (Å²) >= 11 is 7.45. The van der Waals surface area contributed by atoms with Crippen LogP contribution in [-0.4, -0.2) is 35.3 Å². The summed E-state index contributed by atoms with van der Waals surface area (Å²) in [5, 5.41) is 12.1. The summed E-state index contributed by atoms with van der Waals surface area (Å²) in [5.41, 5.74) is 1.81. The molecular formula is C15H13ClFN3OS. The molecule has 0 aliphatic carbocycles. The van der Waals surface area contributed by atoms with Crippen molar-refractivity contribution in [2.75, 3.05) is 25.1 Å². The van der Waals surface area contributed by atoms with Crippen molar-refractivity contribution >= 4 is 39.0 Å². The Morgan fingerprint density at radius 1 is 1.27 bits per heavy atom. The molecule has 0 saturated heterocycles. The van der Waals surface area contributed by atoms with Crippen LogP contribution in [0.4, 0.5) is 10.2 Å². The van der Waals surface area contributed by atoms with Gasteiger partial charge in [-0.1, -0.05) is 12.1 Å². The molecule has 0 amide bonds. The summed E-state index contributed by atoms with van der Waals surface area (Å²) in [6.07, 6.45) is 0. The Bertz CT molecular complexity index is 806. The van der Waals surface area contributed by atoms with Crippen LogP contribution in [0.2, 0.25) is 5.28 Å². The molecule has 1 N–H and O–H groups in total. The second-order valence-electron chi connectivity index (χ2n) is 4.80. The van der Waals surface area contributed by atoms with Gasteiger partial charge in [0.15, 0.2) is 0 Å². The molecular weight excluding hydrogens is 325 g/mol. The normalized spacial score (nSPS) is 11.1. The zero-order valence-electron chi connectivity index (χ0n) is 11.8. The van der Waals surface area contributed by atoms with Crippen molar-refractivity contribution in [2.45, 2.75) is 0 Å². The van der Waals surface area contributed by atoms with Gasteiger partial charge < -0.3 is 10.0 Å². The van der Waals surface area contributed by atoms with Gasteiger partial charge in [-0.25, -0.2) is 9.37 Å². The number of halogens is 2. The van der Waals surface area contributed by atoms with Crippen LogP contribution >= 0.6 is 22.9 Å². The number of likely N-dealkylation sites (N-methyl/N-ethyl adjacent to an activating group) is 1. The third-order valence-corrected chi connectivity index (χ3v) is 4.38. The van der Waals surface area contributed by atoms with Crippen LogP contribution < -0.4 is 4.90 Å². The summed E-state index contributed by atoms with van der Waals surface area (Å²) in [7, 11) is 1.83. The molecule has 0 atom stereocenters. The van der Waals surface area contributed by atoms with Crippen molar-refractivity contribution in [1.29, 1.82) is 0 Å². The molecule has 0 spiro atoms. The Morgan fingerprint density at radius 3 is 2.68 bits per heavy atom. The molecule has 0 aliphatic rings. The molecule has 0 saturated carbocycles. The quantitative estimate of drug-likeness (QED) is 0.739. The van der Waals surface area contributed by atoms with Crippen molar-refractivity contribution in [3.8, 4) is 11.1 Å². The van der Waals surface area contributed by atoms with Crippen molar-refractivity contribution in [2.24, 2.45) is 0 Å². The van der Waals surface area contributed by atoms with E-state index in [1.54, 1.807) is 12.1 Å². The van der Waals surface area contributed by atoms with E-state index in [-0.39, 0.29) is 17.7 Å². The Balaban J connectivity index is 2.21. The van der Waals surface area contributed by atoms with Crippen LogP contribution in [0.25, 0.3) is 21.3 Å². The first-order chi connectivity index (χ1) is 10.6. The third kappa shape index (κ3) is 2.77. The average Bonchev–Trinajstić information content (AvgIpc) is 2.91. The van der Waals surface area contributed by atoms with E-state index in [9.17, 15) is 4.39 Å². The summed E-state index contributed by atoms with van der Waals surface area (Å²) < 4.78 is 13.1. The maximum atomic E-state index is 13.1. The van der Waals surface area contributed by atoms with Gasteiger partial charge >= 0.3 is 0 Å². The first kappa shape index (κ1) is 15.1. The lowest BCUT2D eigenvalue weighted by Crippen LogP contribution is -2.22. The first-order valence-corrected chi connectivity index (χ1v) is 7.88. The Hall–Kier alpha value is -1.76. The molecule has 0 unspecified atom stereocenters. The number of aliphatic hydroxyl groups is 1. The molecule has 4 nitrogen and oxygen atoms in total. The van der Waals surface area contributed by atoms with Gasteiger partial charge in [0.05, 0.1) is 12.0 Å². The van der Waals surface area contributed by atoms with E-state index in [0.717, 1.165) is 21.3 Å². The van der Waals surface area contributed by atoms with E-state index < -0.39 is 0 Å². The van der Waals surface area contributed by atoms with Crippen LogP contribution in [0, 0.1) is 5.82 Å². The number of anilines is 1. The van der Waals surface area contributed by atoms with Crippen molar-refractivity contribution in [3.63, 3.8) is 0 Å². The molecule has 114 valence electrons. The van der Waals surface area contributed by atoms with Crippen molar-refractivity contribution in [3.05, 3.63) is 40.7 Å². The minimum absolute atomic E-state index is 0.00956. The number of rotatable bonds is 4. The third-order valence-electron chi connectivity index (χ3n) is 3.34. The SMILES string of the molecule is CN(CCO)c1nc(Cl)nc2scc(-c3ccc(F)cc3)c12. The molecule has 0 bridgehead atoms. The molecule has 3 aromatic rings. The second kappa shape index (κ2) is 6.16. The highest BCUT2D eigenvalue weighted by Crippen LogP contribution is 2.38. The summed E-state index contributed by atoms with van der Waals surface area (Å²) in [4.78, 5) is 11.1. The van der Waals surface area contributed by atoms with E-state index >= 15 is 0 Å². The van der Waals surface area contributed by atoms with Gasteiger partial charge in [-0.05, 0) is 29.3 Å². The van der Waals surface area contributed by atoms with Gasteiger partial charge in [-0.15, -0.1) is 11.3 Å². The van der Waals surface area contributed by atoms with Crippen molar-refractivity contribution < 1.29 is 9.50 Å². The van der Waals surface area contributed by atoms with E-state index in [4.69, 9.17) is 16.7 Å². The lowest BCUT2D eigenvalue weighted by atomic mass is 10.1. The number of thiophene rings is 1. The average molecular weight is 338 g/mol. The molecule has 22 heavy (non-hydrogen) atoms. The van der Waals surface area contributed by atoms with E-state index in [0.29, 0.717) is 12.4 Å². The van der Waals surface area contributed by atoms with Crippen molar-refractivity contribution in [1.82, 2.24) is 9.97 Å². The highest BCUT2D eigenvalue weighted by molar-refractivity contribution is 7.17. The van der Waals surface area contributed by atoms with Gasteiger partial charge in [-0.3, -0.25) is 0 Å². The predicted molar refractivity (Wildman–Crippen MR) is 88.2 cm³/mol. The summed E-state index contributed by atoms with van der Waals surface area (Å²) in [5.74, 6) is 0.379. The molecule has 2 heterocycles. The highest BCUT2D eigenvalue weighted by atomic mass is 35.5. The molecule has 3 rings (SSSR count). The predicted octanol–water partition coefficient (Wildman–Crippen LogP) is 3.58. The zero-order valence-corrected chi connectivity index (χ0v) is 13.3. The monoisotopic (exact) mass is 337 g/mol. The lowest BCUT2D eigenvalue weighted by Gasteiger charge is -2.18. The van der Waals surface area contributed by atoms with Gasteiger partial charge in [0.25, 0.3) is 0 Å². The summed E-state index contributed by atoms with van der Waals surface area (Å²) in [6, 6.07) is 6.29. The molecule has 1 aromatic carbocycles. The van der Waals surface area contributed by atoms with Crippen LogP contribution in [0.1, 0.15) is 0 Å². The maximum Gasteiger partial charge on any atom is 0.225 e. The fourth-order valence-electron chi connectivity index (χ4n) is 2.27. The second-order valence-corrected chi connectivity index (χ2v) is 5.99. The van der Waals surface area contributed by atoms with Gasteiger partial charge in [0, 0.05) is 24.5 Å². The molecule has 7 heteroatoms. The largest absolute Gasteiger partial charge is 0.395 e. The van der Waals surface area contributed by atoms with Gasteiger partial charge in [-0.2, -0.15) is 4.98 Å². The Labute approximate surface area is 135 Å². The van der Waals surface area contributed by atoms with Gasteiger partial charge in [0.1, 0.15) is 16.5 Å². The Kier molecular flexibility index (Phi) is 4.24. The van der Waals surface area contributed by atoms with Gasteiger partial charge in [0.2, 0.25) is 5.28 Å². The van der Waals surface area contributed by atoms with Crippen LogP contribution in [0.15, 0.2) is 29.6 Å². The van der Waals surface area contributed by atoms with Crippen LogP contribution in [0.3, 0.4) is 0 Å². The minimum atomic E-state index is -0.278. The number of hydrogen-bond donors (Lipinski definition) is 1. The maximum absolute atomic E-state index is 13.1. The topological polar surface area (TPSA) is 49.2 Å². The smallest absolute Gasteiger partial charge is 0.225 e. The standard InChI is InChI=1S/C15H13ClFN3OS/c1-20(6-7-21)13-12-11(9-2-4-10(17)5-3-9)8-22-14(12)19-15(16)18-13/h2-5,8,21H,6-7H2,1H3. The minimum Gasteiger partial charge on any atom is -0.395 e. The first-order valence-electron chi connectivity index (χ1n) is 6.63. The van der Waals surface area contributed by atoms with E-state index in [1.165, 1.54) is 23.5 Å². The van der Waals surface area contributed by atoms with Crippen LogP contribution in [-0.2, 0) is 0 Å². The van der Waals surface area contributed by atoms with E-state index in [2.05, 4.69) is 9.97 Å². The number of hydrogen-bond acceptors (Lipinski definition) is 5. The summed E-state index contributed by atoms with van der Waals surface area (Å²) in [6.45, 7) is 0.441.